The van der Waals surface area contributed by atoms with Gasteiger partial charge in [0.1, 0.15) is 11.5 Å². The van der Waals surface area contributed by atoms with E-state index in [2.05, 4.69) is 43.0 Å². The lowest BCUT2D eigenvalue weighted by Crippen LogP contribution is -2.38. The van der Waals surface area contributed by atoms with Crippen LogP contribution in [0.15, 0.2) is 54.6 Å². The normalized spacial score (nSPS) is 11.8. The first-order valence-electron chi connectivity index (χ1n) is 7.87. The van der Waals surface area contributed by atoms with Gasteiger partial charge in [-0.1, -0.05) is 31.5 Å². The first-order valence-corrected chi connectivity index (χ1v) is 7.87. The lowest BCUT2D eigenvalue weighted by atomic mass is 10.2. The van der Waals surface area contributed by atoms with Crippen molar-refractivity contribution in [2.45, 2.75) is 32.9 Å². The van der Waals surface area contributed by atoms with E-state index < -0.39 is 0 Å². The third-order valence-electron chi connectivity index (χ3n) is 3.65. The van der Waals surface area contributed by atoms with E-state index >= 15 is 0 Å². The Kier molecular flexibility index (Phi) is 6.13. The zero-order valence-electron chi connectivity index (χ0n) is 13.7. The zero-order valence-corrected chi connectivity index (χ0v) is 13.7. The summed E-state index contributed by atoms with van der Waals surface area (Å²) in [6.07, 6.45) is 2.28. The van der Waals surface area contributed by atoms with Gasteiger partial charge in [0, 0.05) is 12.2 Å². The van der Waals surface area contributed by atoms with E-state index in [4.69, 9.17) is 9.47 Å². The van der Waals surface area contributed by atoms with Crippen molar-refractivity contribution in [3.63, 3.8) is 0 Å². The van der Waals surface area contributed by atoms with Crippen LogP contribution in [0.25, 0.3) is 0 Å². The van der Waals surface area contributed by atoms with Gasteiger partial charge in [-0.2, -0.15) is 0 Å². The summed E-state index contributed by atoms with van der Waals surface area (Å²) >= 11 is 0. The molecule has 3 heteroatoms. The topological polar surface area (TPSA) is 21.7 Å². The fourth-order valence-corrected chi connectivity index (χ4v) is 2.38. The fraction of sp³-hybridized carbons (Fsp3) is 0.368. The second-order valence-electron chi connectivity index (χ2n) is 5.28. The van der Waals surface area contributed by atoms with Crippen LogP contribution >= 0.6 is 0 Å². The first kappa shape index (κ1) is 16.2. The van der Waals surface area contributed by atoms with Crippen molar-refractivity contribution >= 4 is 5.69 Å². The Morgan fingerprint density at radius 2 is 1.59 bits per heavy atom. The monoisotopic (exact) mass is 299 g/mol. The molecule has 0 aliphatic heterocycles. The molecule has 3 nitrogen and oxygen atoms in total. The number of benzene rings is 2. The number of ether oxygens (including phenoxy) is 2. The standard InChI is InChI=1S/C19H25NO2/c1-4-5-15-20(17-9-7-6-8-10-17)16(2)22-19-13-11-18(21-3)12-14-19/h6-14,16H,4-5,15H2,1-3H3. The molecule has 0 aliphatic rings. The molecule has 0 radical (unpaired) electrons. The SMILES string of the molecule is CCCCN(c1ccccc1)C(C)Oc1ccc(OC)cc1. The van der Waals surface area contributed by atoms with E-state index in [0.29, 0.717) is 0 Å². The number of hydrogen-bond donors (Lipinski definition) is 0. The molecule has 2 rings (SSSR count). The lowest BCUT2D eigenvalue weighted by Gasteiger charge is -2.31. The van der Waals surface area contributed by atoms with Crippen molar-refractivity contribution in [3.8, 4) is 11.5 Å². The van der Waals surface area contributed by atoms with Gasteiger partial charge in [0.2, 0.25) is 0 Å². The van der Waals surface area contributed by atoms with Crippen molar-refractivity contribution in [2.24, 2.45) is 0 Å². The number of nitrogens with zero attached hydrogens (tertiary/aromatic N) is 1. The molecule has 0 saturated heterocycles. The molecule has 0 bridgehead atoms. The van der Waals surface area contributed by atoms with Crippen LogP contribution in [0, 0.1) is 0 Å². The zero-order chi connectivity index (χ0) is 15.8. The number of rotatable bonds is 8. The Bertz CT molecular complexity index is 539. The molecule has 2 aromatic rings. The van der Waals surface area contributed by atoms with Crippen LogP contribution in [0.4, 0.5) is 5.69 Å². The molecule has 0 spiro atoms. The van der Waals surface area contributed by atoms with Gasteiger partial charge in [0.25, 0.3) is 0 Å². The third kappa shape index (κ3) is 4.42. The van der Waals surface area contributed by atoms with Crippen LogP contribution in [0.5, 0.6) is 11.5 Å². The predicted octanol–water partition coefficient (Wildman–Crippen LogP) is 4.73. The molecule has 1 unspecified atom stereocenters. The van der Waals surface area contributed by atoms with Crippen molar-refractivity contribution in [1.82, 2.24) is 0 Å². The van der Waals surface area contributed by atoms with Crippen LogP contribution in [-0.4, -0.2) is 19.9 Å². The predicted molar refractivity (Wildman–Crippen MR) is 91.8 cm³/mol. The number of methoxy groups -OCH3 is 1. The Morgan fingerprint density at radius 1 is 0.955 bits per heavy atom. The quantitative estimate of drug-likeness (QED) is 0.658. The van der Waals surface area contributed by atoms with Crippen LogP contribution in [0.1, 0.15) is 26.7 Å². The largest absolute Gasteiger partial charge is 0.497 e. The summed E-state index contributed by atoms with van der Waals surface area (Å²) in [7, 11) is 1.67. The second-order valence-corrected chi connectivity index (χ2v) is 5.28. The molecule has 0 saturated carbocycles. The summed E-state index contributed by atoms with van der Waals surface area (Å²) in [4.78, 5) is 2.30. The van der Waals surface area contributed by atoms with E-state index in [1.807, 2.05) is 30.3 Å². The molecule has 0 amide bonds. The summed E-state index contributed by atoms with van der Waals surface area (Å²) in [5, 5.41) is 0. The molecular formula is C19H25NO2. The van der Waals surface area contributed by atoms with Crippen LogP contribution in [0.3, 0.4) is 0 Å². The molecule has 0 aromatic heterocycles. The average Bonchev–Trinajstić information content (AvgIpc) is 2.57. The van der Waals surface area contributed by atoms with Gasteiger partial charge in [-0.05, 0) is 49.7 Å². The average molecular weight is 299 g/mol. The summed E-state index contributed by atoms with van der Waals surface area (Å²) in [5.74, 6) is 1.69. The van der Waals surface area contributed by atoms with Crippen molar-refractivity contribution in [3.05, 3.63) is 54.6 Å². The molecule has 22 heavy (non-hydrogen) atoms. The maximum atomic E-state index is 6.10. The number of hydrogen-bond acceptors (Lipinski definition) is 3. The highest BCUT2D eigenvalue weighted by atomic mass is 16.5. The Morgan fingerprint density at radius 3 is 2.18 bits per heavy atom. The van der Waals surface area contributed by atoms with Gasteiger partial charge >= 0.3 is 0 Å². The van der Waals surface area contributed by atoms with Crippen LogP contribution in [0.2, 0.25) is 0 Å². The third-order valence-corrected chi connectivity index (χ3v) is 3.65. The summed E-state index contributed by atoms with van der Waals surface area (Å²) in [5.41, 5.74) is 1.19. The Labute approximate surface area is 133 Å². The molecule has 0 aliphatic carbocycles. The van der Waals surface area contributed by atoms with Gasteiger partial charge in [-0.15, -0.1) is 0 Å². The minimum Gasteiger partial charge on any atom is -0.497 e. The summed E-state index contributed by atoms with van der Waals surface area (Å²) in [6, 6.07) is 18.1. The van der Waals surface area contributed by atoms with E-state index in [-0.39, 0.29) is 6.23 Å². The Balaban J connectivity index is 2.08. The maximum Gasteiger partial charge on any atom is 0.169 e. The van der Waals surface area contributed by atoms with Gasteiger partial charge in [0.05, 0.1) is 7.11 Å². The molecule has 2 aromatic carbocycles. The lowest BCUT2D eigenvalue weighted by molar-refractivity contribution is 0.213. The first-order chi connectivity index (χ1) is 10.7. The minimum absolute atomic E-state index is 0.0256. The van der Waals surface area contributed by atoms with Crippen LogP contribution in [-0.2, 0) is 0 Å². The van der Waals surface area contributed by atoms with Gasteiger partial charge in [-0.25, -0.2) is 0 Å². The van der Waals surface area contributed by atoms with E-state index in [9.17, 15) is 0 Å². The molecular weight excluding hydrogens is 274 g/mol. The highest BCUT2D eigenvalue weighted by Crippen LogP contribution is 2.22. The van der Waals surface area contributed by atoms with E-state index in [1.165, 1.54) is 12.1 Å². The molecule has 1 atom stereocenters. The number of anilines is 1. The number of para-hydroxylation sites is 1. The van der Waals surface area contributed by atoms with Gasteiger partial charge in [0.15, 0.2) is 6.23 Å². The summed E-state index contributed by atoms with van der Waals surface area (Å²) in [6.45, 7) is 5.28. The second kappa shape index (κ2) is 8.32. The van der Waals surface area contributed by atoms with Crippen molar-refractivity contribution in [2.75, 3.05) is 18.6 Å². The van der Waals surface area contributed by atoms with Gasteiger partial charge in [-0.3, -0.25) is 0 Å². The molecule has 0 heterocycles. The fourth-order valence-electron chi connectivity index (χ4n) is 2.38. The smallest absolute Gasteiger partial charge is 0.169 e. The summed E-state index contributed by atoms with van der Waals surface area (Å²) < 4.78 is 11.3. The van der Waals surface area contributed by atoms with E-state index in [0.717, 1.165) is 24.5 Å². The Hall–Kier alpha value is -2.16. The van der Waals surface area contributed by atoms with Crippen molar-refractivity contribution in [1.29, 1.82) is 0 Å². The van der Waals surface area contributed by atoms with Gasteiger partial charge < -0.3 is 14.4 Å². The number of unbranched alkanes of at least 4 members (excludes halogenated alkanes) is 1. The minimum atomic E-state index is -0.0256. The van der Waals surface area contributed by atoms with Crippen molar-refractivity contribution < 1.29 is 9.47 Å². The highest BCUT2D eigenvalue weighted by Gasteiger charge is 2.15. The molecule has 0 N–H and O–H groups in total. The van der Waals surface area contributed by atoms with E-state index in [1.54, 1.807) is 7.11 Å². The molecule has 0 fully saturated rings. The molecule has 118 valence electrons. The maximum absolute atomic E-state index is 6.10. The van der Waals surface area contributed by atoms with Crippen LogP contribution < -0.4 is 14.4 Å². The highest BCUT2D eigenvalue weighted by molar-refractivity contribution is 5.46.